The van der Waals surface area contributed by atoms with Gasteiger partial charge in [0.15, 0.2) is 5.69 Å². The number of carbonyl (C=O) groups is 1. The van der Waals surface area contributed by atoms with Crippen molar-refractivity contribution in [3.8, 4) is 11.5 Å². The molecule has 21 heavy (non-hydrogen) atoms. The third-order valence-corrected chi connectivity index (χ3v) is 2.97. The first-order chi connectivity index (χ1) is 9.88. The Morgan fingerprint density at radius 1 is 1.43 bits per heavy atom. The van der Waals surface area contributed by atoms with E-state index in [0.717, 1.165) is 0 Å². The number of aromatic nitrogens is 2. The van der Waals surface area contributed by atoms with E-state index in [1.165, 1.54) is 29.1 Å². The fraction of sp³-hybridized carbons (Fsp3) is 0.154. The van der Waals surface area contributed by atoms with Crippen LogP contribution in [0.15, 0.2) is 29.5 Å². The number of nitrogens with one attached hydrogen (secondary N) is 1. The van der Waals surface area contributed by atoms with Gasteiger partial charge in [0.25, 0.3) is 5.91 Å². The van der Waals surface area contributed by atoms with E-state index in [0.29, 0.717) is 11.3 Å². The number of aryl methyl sites for hydroxylation is 1. The van der Waals surface area contributed by atoms with Gasteiger partial charge in [-0.3, -0.25) is 9.48 Å². The quantitative estimate of drug-likeness (QED) is 0.456. The summed E-state index contributed by atoms with van der Waals surface area (Å²) in [4.78, 5) is 11.9. The van der Waals surface area contributed by atoms with Crippen molar-refractivity contribution >= 4 is 23.2 Å². The number of rotatable bonds is 3. The second-order valence-electron chi connectivity index (χ2n) is 4.34. The third-order valence-electron chi connectivity index (χ3n) is 2.69. The van der Waals surface area contributed by atoms with Crippen molar-refractivity contribution in [2.24, 2.45) is 12.1 Å². The number of halogens is 1. The van der Waals surface area contributed by atoms with E-state index < -0.39 is 5.91 Å². The van der Waals surface area contributed by atoms with Crippen LogP contribution in [0.1, 0.15) is 23.0 Å². The minimum Gasteiger partial charge on any atom is -0.508 e. The topological polar surface area (TPSA) is 99.7 Å². The zero-order valence-electron chi connectivity index (χ0n) is 11.3. The molecule has 0 aliphatic rings. The summed E-state index contributed by atoms with van der Waals surface area (Å²) in [7, 11) is 1.64. The SMILES string of the molecule is C/C(=N/NC(=O)c1nn(C)cc1Cl)c1cc(O)ccc1O. The highest BCUT2D eigenvalue weighted by molar-refractivity contribution is 6.33. The average molecular weight is 309 g/mol. The standard InChI is InChI=1S/C13H13ClN4O3/c1-7(9-5-8(19)3-4-11(9)20)15-16-13(21)12-10(14)6-18(2)17-12/h3-6,19-20H,1-2H3,(H,16,21)/b15-7-. The van der Waals surface area contributed by atoms with Crippen LogP contribution in [0, 0.1) is 0 Å². The molecule has 0 unspecified atom stereocenters. The highest BCUT2D eigenvalue weighted by atomic mass is 35.5. The molecule has 8 heteroatoms. The number of hydrazone groups is 1. The molecular formula is C13H13ClN4O3. The third kappa shape index (κ3) is 3.32. The number of aromatic hydroxyl groups is 2. The lowest BCUT2D eigenvalue weighted by Gasteiger charge is -2.05. The molecule has 2 rings (SSSR count). The molecule has 0 aliphatic carbocycles. The molecule has 1 amide bonds. The maximum atomic E-state index is 11.9. The fourth-order valence-corrected chi connectivity index (χ4v) is 1.94. The van der Waals surface area contributed by atoms with Crippen molar-refractivity contribution in [2.75, 3.05) is 0 Å². The molecule has 7 nitrogen and oxygen atoms in total. The van der Waals surface area contributed by atoms with Crippen molar-refractivity contribution in [1.82, 2.24) is 15.2 Å². The van der Waals surface area contributed by atoms with Crippen LogP contribution in [0.4, 0.5) is 0 Å². The van der Waals surface area contributed by atoms with E-state index >= 15 is 0 Å². The van der Waals surface area contributed by atoms with Crippen molar-refractivity contribution in [2.45, 2.75) is 6.92 Å². The molecule has 110 valence electrons. The van der Waals surface area contributed by atoms with E-state index in [-0.39, 0.29) is 22.2 Å². The second-order valence-corrected chi connectivity index (χ2v) is 4.75. The second kappa shape index (κ2) is 5.84. The maximum Gasteiger partial charge on any atom is 0.293 e. The largest absolute Gasteiger partial charge is 0.508 e. The summed E-state index contributed by atoms with van der Waals surface area (Å²) in [6, 6.07) is 4.02. The maximum absolute atomic E-state index is 11.9. The van der Waals surface area contributed by atoms with Gasteiger partial charge in [-0.2, -0.15) is 10.2 Å². The minimum atomic E-state index is -0.570. The van der Waals surface area contributed by atoms with E-state index in [1.807, 2.05) is 0 Å². The molecule has 1 aromatic heterocycles. The number of phenolic OH excluding ortho intramolecular Hbond substituents is 2. The number of nitrogens with zero attached hydrogens (tertiary/aromatic N) is 3. The van der Waals surface area contributed by atoms with Crippen LogP contribution >= 0.6 is 11.6 Å². The monoisotopic (exact) mass is 308 g/mol. The van der Waals surface area contributed by atoms with E-state index in [4.69, 9.17) is 11.6 Å². The van der Waals surface area contributed by atoms with Gasteiger partial charge in [-0.05, 0) is 25.1 Å². The van der Waals surface area contributed by atoms with E-state index in [1.54, 1.807) is 14.0 Å². The lowest BCUT2D eigenvalue weighted by molar-refractivity contribution is 0.0949. The van der Waals surface area contributed by atoms with Gasteiger partial charge in [0, 0.05) is 18.8 Å². The molecule has 0 radical (unpaired) electrons. The Bertz CT molecular complexity index is 724. The van der Waals surface area contributed by atoms with Crippen LogP contribution in [0.2, 0.25) is 5.02 Å². The Hall–Kier alpha value is -2.54. The Morgan fingerprint density at radius 3 is 2.76 bits per heavy atom. The van der Waals surface area contributed by atoms with Crippen LogP contribution in [0.25, 0.3) is 0 Å². The Morgan fingerprint density at radius 2 is 2.14 bits per heavy atom. The Labute approximate surface area is 125 Å². The van der Waals surface area contributed by atoms with Crippen molar-refractivity contribution in [3.63, 3.8) is 0 Å². The molecule has 2 aromatic rings. The smallest absolute Gasteiger partial charge is 0.293 e. The van der Waals surface area contributed by atoms with Crippen LogP contribution in [-0.4, -0.2) is 31.6 Å². The summed E-state index contributed by atoms with van der Waals surface area (Å²) < 4.78 is 1.41. The molecule has 0 aliphatic heterocycles. The van der Waals surface area contributed by atoms with Crippen LogP contribution in [0.3, 0.4) is 0 Å². The van der Waals surface area contributed by atoms with Crippen LogP contribution in [0.5, 0.6) is 11.5 Å². The Kier molecular flexibility index (Phi) is 4.13. The molecule has 0 atom stereocenters. The lowest BCUT2D eigenvalue weighted by atomic mass is 10.1. The lowest BCUT2D eigenvalue weighted by Crippen LogP contribution is -2.20. The molecular weight excluding hydrogens is 296 g/mol. The van der Waals surface area contributed by atoms with Crippen LogP contribution < -0.4 is 5.43 Å². The highest BCUT2D eigenvalue weighted by Crippen LogP contribution is 2.22. The van der Waals surface area contributed by atoms with Crippen LogP contribution in [-0.2, 0) is 7.05 Å². The minimum absolute atomic E-state index is 0.0172. The molecule has 1 aromatic carbocycles. The van der Waals surface area contributed by atoms with Gasteiger partial charge in [-0.15, -0.1) is 0 Å². The number of hydrogen-bond acceptors (Lipinski definition) is 5. The van der Waals surface area contributed by atoms with Crippen molar-refractivity contribution in [1.29, 1.82) is 0 Å². The average Bonchev–Trinajstić information content (AvgIpc) is 2.77. The molecule has 0 saturated carbocycles. The molecule has 3 N–H and O–H groups in total. The summed E-state index contributed by atoms with van der Waals surface area (Å²) in [5.74, 6) is -0.643. The van der Waals surface area contributed by atoms with Gasteiger partial charge < -0.3 is 10.2 Å². The number of carbonyl (C=O) groups excluding carboxylic acids is 1. The summed E-state index contributed by atoms with van der Waals surface area (Å²) >= 11 is 5.85. The first-order valence-electron chi connectivity index (χ1n) is 5.94. The zero-order chi connectivity index (χ0) is 15.6. The Balaban J connectivity index is 2.19. The summed E-state index contributed by atoms with van der Waals surface area (Å²) in [6.45, 7) is 1.58. The normalized spacial score (nSPS) is 11.5. The van der Waals surface area contributed by atoms with E-state index in [9.17, 15) is 15.0 Å². The van der Waals surface area contributed by atoms with Gasteiger partial charge in [0.2, 0.25) is 0 Å². The van der Waals surface area contributed by atoms with Gasteiger partial charge in [-0.25, -0.2) is 5.43 Å². The number of phenols is 2. The molecule has 0 spiro atoms. The zero-order valence-corrected chi connectivity index (χ0v) is 12.1. The molecule has 0 saturated heterocycles. The van der Waals surface area contributed by atoms with Gasteiger partial charge in [-0.1, -0.05) is 11.6 Å². The highest BCUT2D eigenvalue weighted by Gasteiger charge is 2.14. The first kappa shape index (κ1) is 14.9. The molecule has 0 bridgehead atoms. The number of hydrogen-bond donors (Lipinski definition) is 3. The van der Waals surface area contributed by atoms with Gasteiger partial charge in [0.1, 0.15) is 11.5 Å². The number of benzene rings is 1. The predicted octanol–water partition coefficient (Wildman–Crippen LogP) is 1.64. The van der Waals surface area contributed by atoms with Crippen molar-refractivity contribution in [3.05, 3.63) is 40.7 Å². The molecule has 0 fully saturated rings. The van der Waals surface area contributed by atoms with E-state index in [2.05, 4.69) is 15.6 Å². The molecule has 1 heterocycles. The predicted molar refractivity (Wildman–Crippen MR) is 77.7 cm³/mol. The first-order valence-corrected chi connectivity index (χ1v) is 6.32. The van der Waals surface area contributed by atoms with Crippen molar-refractivity contribution < 1.29 is 15.0 Å². The van der Waals surface area contributed by atoms with Gasteiger partial charge in [0.05, 0.1) is 10.7 Å². The number of amides is 1. The van der Waals surface area contributed by atoms with Gasteiger partial charge >= 0.3 is 0 Å². The fourth-order valence-electron chi connectivity index (χ4n) is 1.68. The summed E-state index contributed by atoms with van der Waals surface area (Å²) in [5, 5.41) is 27.1. The summed E-state index contributed by atoms with van der Waals surface area (Å²) in [5.41, 5.74) is 2.98. The summed E-state index contributed by atoms with van der Waals surface area (Å²) in [6.07, 6.45) is 1.49.